The van der Waals surface area contributed by atoms with Gasteiger partial charge in [0.05, 0.1) is 9.80 Å². The summed E-state index contributed by atoms with van der Waals surface area (Å²) in [7, 11) is 1.81. The molecule has 10 heteroatoms. The van der Waals surface area contributed by atoms with Crippen molar-refractivity contribution in [3.63, 3.8) is 0 Å². The van der Waals surface area contributed by atoms with Gasteiger partial charge in [-0.25, -0.2) is 0 Å². The van der Waals surface area contributed by atoms with E-state index >= 15 is 0 Å². The Morgan fingerprint density at radius 1 is 1.50 bits per heavy atom. The molecule has 1 saturated heterocycles. The van der Waals surface area contributed by atoms with Crippen molar-refractivity contribution in [2.45, 2.75) is 31.8 Å². The number of hydrogen-bond donors (Lipinski definition) is 2. The number of amides is 2. The number of nitrogens with zero attached hydrogens (tertiary/aromatic N) is 2. The van der Waals surface area contributed by atoms with Gasteiger partial charge in [0.25, 0.3) is 5.91 Å². The molecule has 1 aliphatic rings. The number of halogens is 1. The Kier molecular flexibility index (Phi) is 7.59. The van der Waals surface area contributed by atoms with Gasteiger partial charge in [-0.05, 0) is 32.9 Å². The summed E-state index contributed by atoms with van der Waals surface area (Å²) < 4.78 is 0. The van der Waals surface area contributed by atoms with E-state index in [4.69, 9.17) is 0 Å². The molecular weight excluding hydrogens is 356 g/mol. The smallest absolute Gasteiger partial charge is 0.324 e. The number of carbonyl (C=O) groups excluding carboxylic acids is 2. The van der Waals surface area contributed by atoms with Crippen molar-refractivity contribution in [2.24, 2.45) is 0 Å². The van der Waals surface area contributed by atoms with E-state index in [9.17, 15) is 19.7 Å². The molecule has 2 amide bonds. The molecule has 1 fully saturated rings. The van der Waals surface area contributed by atoms with Gasteiger partial charge in [-0.15, -0.1) is 12.4 Å². The minimum absolute atomic E-state index is 0. The summed E-state index contributed by atoms with van der Waals surface area (Å²) in [6.45, 7) is 2.92. The number of hydrogen-bond acceptors (Lipinski definition) is 6. The lowest BCUT2D eigenvalue weighted by molar-refractivity contribution is -0.380. The summed E-state index contributed by atoms with van der Waals surface area (Å²) in [5.41, 5.74) is 0. The zero-order valence-corrected chi connectivity index (χ0v) is 15.1. The first-order valence-corrected chi connectivity index (χ1v) is 8.26. The van der Waals surface area contributed by atoms with Gasteiger partial charge < -0.3 is 15.5 Å². The van der Waals surface area contributed by atoms with Crippen molar-refractivity contribution in [3.05, 3.63) is 27.1 Å². The largest absolute Gasteiger partial charge is 0.353 e. The number of likely N-dealkylation sites (tertiary alicyclic amines) is 1. The van der Waals surface area contributed by atoms with Gasteiger partial charge in [-0.2, -0.15) is 0 Å². The SMILES string of the molecule is CNC(C)CNC(=O)C1CCCN1C(=O)c1ccc([N+](=O)[O-])s1.Cl. The Morgan fingerprint density at radius 2 is 2.21 bits per heavy atom. The fourth-order valence-electron chi connectivity index (χ4n) is 2.44. The number of thiophene rings is 1. The summed E-state index contributed by atoms with van der Waals surface area (Å²) in [5.74, 6) is -0.494. The van der Waals surface area contributed by atoms with E-state index in [0.717, 1.165) is 17.8 Å². The van der Waals surface area contributed by atoms with Crippen molar-refractivity contribution in [3.8, 4) is 0 Å². The maximum Gasteiger partial charge on any atom is 0.324 e. The molecule has 1 aromatic rings. The lowest BCUT2D eigenvalue weighted by Crippen LogP contribution is -2.48. The fraction of sp³-hybridized carbons (Fsp3) is 0.571. The van der Waals surface area contributed by atoms with Crippen LogP contribution in [-0.4, -0.2) is 53.9 Å². The third-order valence-corrected chi connectivity index (χ3v) is 4.90. The second-order valence-electron chi connectivity index (χ2n) is 5.49. The highest BCUT2D eigenvalue weighted by molar-refractivity contribution is 7.17. The van der Waals surface area contributed by atoms with Crippen LogP contribution in [0.1, 0.15) is 29.4 Å². The topological polar surface area (TPSA) is 105 Å². The third kappa shape index (κ3) is 4.65. The molecule has 134 valence electrons. The summed E-state index contributed by atoms with van der Waals surface area (Å²) >= 11 is 0.840. The lowest BCUT2D eigenvalue weighted by Gasteiger charge is -2.24. The van der Waals surface area contributed by atoms with Crippen LogP contribution in [0.3, 0.4) is 0 Å². The predicted molar refractivity (Wildman–Crippen MR) is 93.8 cm³/mol. The van der Waals surface area contributed by atoms with Gasteiger partial charge in [-0.1, -0.05) is 11.3 Å². The number of carbonyl (C=O) groups is 2. The first-order valence-electron chi connectivity index (χ1n) is 7.44. The van der Waals surface area contributed by atoms with Crippen molar-refractivity contribution in [2.75, 3.05) is 20.1 Å². The Bertz CT molecular complexity index is 609. The molecule has 0 aromatic carbocycles. The molecule has 2 unspecified atom stereocenters. The minimum Gasteiger partial charge on any atom is -0.353 e. The molecule has 0 bridgehead atoms. The quantitative estimate of drug-likeness (QED) is 0.577. The van der Waals surface area contributed by atoms with Crippen LogP contribution < -0.4 is 10.6 Å². The molecule has 0 aliphatic carbocycles. The van der Waals surface area contributed by atoms with Crippen LogP contribution in [0.2, 0.25) is 0 Å². The molecule has 2 N–H and O–H groups in total. The van der Waals surface area contributed by atoms with E-state index in [0.29, 0.717) is 24.4 Å². The minimum atomic E-state index is -0.519. The van der Waals surface area contributed by atoms with E-state index in [1.54, 1.807) is 0 Å². The third-order valence-electron chi connectivity index (χ3n) is 3.87. The molecule has 2 atom stereocenters. The second kappa shape index (κ2) is 8.95. The first kappa shape index (κ1) is 20.3. The van der Waals surface area contributed by atoms with Crippen LogP contribution in [-0.2, 0) is 4.79 Å². The molecule has 1 aromatic heterocycles. The van der Waals surface area contributed by atoms with Gasteiger partial charge in [0.15, 0.2) is 0 Å². The van der Waals surface area contributed by atoms with Crippen LogP contribution >= 0.6 is 23.7 Å². The van der Waals surface area contributed by atoms with Crippen molar-refractivity contribution in [1.82, 2.24) is 15.5 Å². The standard InChI is InChI=1S/C14H20N4O4S.ClH/c1-9(15-2)8-16-13(19)10-4-3-7-17(10)14(20)11-5-6-12(23-11)18(21)22;/h5-6,9-10,15H,3-4,7-8H2,1-2H3,(H,16,19);1H. The highest BCUT2D eigenvalue weighted by Crippen LogP contribution is 2.28. The Labute approximate surface area is 150 Å². The van der Waals surface area contributed by atoms with E-state index in [2.05, 4.69) is 10.6 Å². The average Bonchev–Trinajstić information content (AvgIpc) is 3.20. The Hall–Kier alpha value is -1.71. The van der Waals surface area contributed by atoms with Crippen LogP contribution in [0, 0.1) is 10.1 Å². The number of rotatable bonds is 6. The Morgan fingerprint density at radius 3 is 2.79 bits per heavy atom. The van der Waals surface area contributed by atoms with Crippen LogP contribution in [0.4, 0.5) is 5.00 Å². The van der Waals surface area contributed by atoms with Crippen molar-refractivity contribution in [1.29, 1.82) is 0 Å². The van der Waals surface area contributed by atoms with Crippen LogP contribution in [0.15, 0.2) is 12.1 Å². The van der Waals surface area contributed by atoms with Gasteiger partial charge in [0, 0.05) is 25.2 Å². The van der Waals surface area contributed by atoms with E-state index < -0.39 is 11.0 Å². The molecule has 0 radical (unpaired) electrons. The molecular formula is C14H21ClN4O4S. The summed E-state index contributed by atoms with van der Waals surface area (Å²) in [6, 6.07) is 2.40. The monoisotopic (exact) mass is 376 g/mol. The maximum atomic E-state index is 12.5. The normalized spacial score (nSPS) is 17.9. The zero-order valence-electron chi connectivity index (χ0n) is 13.5. The molecule has 2 heterocycles. The van der Waals surface area contributed by atoms with Crippen LogP contribution in [0.25, 0.3) is 0 Å². The summed E-state index contributed by atoms with van der Waals surface area (Å²) in [5, 5.41) is 16.5. The summed E-state index contributed by atoms with van der Waals surface area (Å²) in [4.78, 5) is 36.8. The molecule has 8 nitrogen and oxygen atoms in total. The van der Waals surface area contributed by atoms with E-state index in [-0.39, 0.29) is 35.3 Å². The highest BCUT2D eigenvalue weighted by atomic mass is 35.5. The summed E-state index contributed by atoms with van der Waals surface area (Å²) in [6.07, 6.45) is 1.36. The molecule has 1 aliphatic heterocycles. The van der Waals surface area contributed by atoms with E-state index in [1.165, 1.54) is 17.0 Å². The van der Waals surface area contributed by atoms with Gasteiger partial charge in [0.1, 0.15) is 6.04 Å². The molecule has 24 heavy (non-hydrogen) atoms. The number of nitro groups is 1. The van der Waals surface area contributed by atoms with Gasteiger partial charge in [-0.3, -0.25) is 19.7 Å². The average molecular weight is 377 g/mol. The highest BCUT2D eigenvalue weighted by Gasteiger charge is 2.35. The Balaban J connectivity index is 0.00000288. The first-order chi connectivity index (χ1) is 10.9. The molecule has 0 saturated carbocycles. The molecule has 0 spiro atoms. The van der Waals surface area contributed by atoms with Crippen molar-refractivity contribution < 1.29 is 14.5 Å². The predicted octanol–water partition coefficient (Wildman–Crippen LogP) is 1.41. The second-order valence-corrected chi connectivity index (χ2v) is 6.55. The van der Waals surface area contributed by atoms with Crippen LogP contribution in [0.5, 0.6) is 0 Å². The number of nitrogens with one attached hydrogen (secondary N) is 2. The van der Waals surface area contributed by atoms with Crippen molar-refractivity contribution >= 4 is 40.6 Å². The van der Waals surface area contributed by atoms with Gasteiger partial charge >= 0.3 is 5.00 Å². The lowest BCUT2D eigenvalue weighted by atomic mass is 10.2. The zero-order chi connectivity index (χ0) is 17.0. The van der Waals surface area contributed by atoms with Gasteiger partial charge in [0.2, 0.25) is 5.91 Å². The fourth-order valence-corrected chi connectivity index (χ4v) is 3.21. The maximum absolute atomic E-state index is 12.5. The molecule has 2 rings (SSSR count). The van der Waals surface area contributed by atoms with E-state index in [1.807, 2.05) is 14.0 Å². The number of likely N-dealkylation sites (N-methyl/N-ethyl adjacent to an activating group) is 1.